The minimum Gasteiger partial charge on any atom is -0.368 e. The van der Waals surface area contributed by atoms with Gasteiger partial charge >= 0.3 is 0 Å². The molecular formula is C24H20Cl4N8O2. The summed E-state index contributed by atoms with van der Waals surface area (Å²) in [5.74, 6) is 1.54. The molecule has 14 heteroatoms. The summed E-state index contributed by atoms with van der Waals surface area (Å²) in [5, 5.41) is 18.0. The maximum absolute atomic E-state index is 10.8. The molecule has 38 heavy (non-hydrogen) atoms. The Bertz CT molecular complexity index is 1530. The highest BCUT2D eigenvalue weighted by Gasteiger charge is 2.17. The lowest BCUT2D eigenvalue weighted by Gasteiger charge is -2.12. The molecule has 3 N–H and O–H groups in total. The molecule has 0 fully saturated rings. The number of aromatic amines is 1. The molecule has 2 aromatic carbocycles. The van der Waals surface area contributed by atoms with Gasteiger partial charge in [0, 0.05) is 35.9 Å². The van der Waals surface area contributed by atoms with Crippen LogP contribution in [0.4, 0.5) is 17.5 Å². The van der Waals surface area contributed by atoms with Crippen LogP contribution in [-0.2, 0) is 0 Å². The average molecular weight is 594 g/mol. The fraction of sp³-hybridized carbons (Fsp3) is 0.0833. The van der Waals surface area contributed by atoms with Gasteiger partial charge in [-0.2, -0.15) is 0 Å². The molecule has 0 unspecified atom stereocenters. The van der Waals surface area contributed by atoms with Crippen LogP contribution in [0.1, 0.15) is 0 Å². The third-order valence-electron chi connectivity index (χ3n) is 5.29. The molecule has 196 valence electrons. The van der Waals surface area contributed by atoms with Crippen LogP contribution in [0.3, 0.4) is 0 Å². The molecule has 0 saturated carbocycles. The second-order valence-corrected chi connectivity index (χ2v) is 8.54. The molecule has 0 saturated heterocycles. The fourth-order valence-corrected chi connectivity index (χ4v) is 4.07. The highest BCUT2D eigenvalue weighted by Crippen LogP contribution is 2.35. The number of rotatable bonds is 8. The van der Waals surface area contributed by atoms with Gasteiger partial charge in [0.1, 0.15) is 17.8 Å². The number of nitrogens with one attached hydrogen (secondary N) is 3. The van der Waals surface area contributed by atoms with Crippen LogP contribution in [0.5, 0.6) is 0 Å². The Hall–Kier alpha value is -3.70. The number of anilines is 2. The van der Waals surface area contributed by atoms with Crippen molar-refractivity contribution in [1.82, 2.24) is 24.9 Å². The van der Waals surface area contributed by atoms with Gasteiger partial charge < -0.3 is 15.6 Å². The number of aromatic nitrogens is 5. The van der Waals surface area contributed by atoms with E-state index in [1.165, 1.54) is 12.3 Å². The van der Waals surface area contributed by atoms with Crippen molar-refractivity contribution in [2.75, 3.05) is 23.7 Å². The first-order chi connectivity index (χ1) is 17.5. The smallest absolute Gasteiger partial charge is 0.287 e. The highest BCUT2D eigenvalue weighted by molar-refractivity contribution is 6.36. The molecule has 3 aromatic heterocycles. The topological polar surface area (TPSA) is 135 Å². The van der Waals surface area contributed by atoms with E-state index in [-0.39, 0.29) is 30.5 Å². The molecule has 0 atom stereocenters. The van der Waals surface area contributed by atoms with Crippen molar-refractivity contribution >= 4 is 76.5 Å². The molecule has 10 nitrogen and oxygen atoms in total. The number of hydrogen-bond acceptors (Lipinski definition) is 8. The maximum Gasteiger partial charge on any atom is 0.287 e. The van der Waals surface area contributed by atoms with Gasteiger partial charge in [-0.15, -0.1) is 24.8 Å². The summed E-state index contributed by atoms with van der Waals surface area (Å²) in [6.45, 7) is 0.951. The Morgan fingerprint density at radius 1 is 0.895 bits per heavy atom. The SMILES string of the molecule is Cl.Cl.O=[N+]([O-])c1ccc(NCCNc2ncc(-c3nc4ccccc4[nH]3)c(-c3ccc(Cl)cc3Cl)n2)nc1. The van der Waals surface area contributed by atoms with Crippen LogP contribution in [0.15, 0.2) is 67.0 Å². The number of nitrogens with zero attached hydrogens (tertiary/aromatic N) is 5. The number of fused-ring (bicyclic) bond motifs is 1. The van der Waals surface area contributed by atoms with E-state index in [0.717, 1.165) is 11.0 Å². The summed E-state index contributed by atoms with van der Waals surface area (Å²) in [6, 6.07) is 15.9. The van der Waals surface area contributed by atoms with Gasteiger partial charge in [0.15, 0.2) is 0 Å². The first-order valence-corrected chi connectivity index (χ1v) is 11.6. The number of hydrogen-bond donors (Lipinski definition) is 3. The number of nitro groups is 1. The molecule has 0 amide bonds. The number of imidazole rings is 1. The van der Waals surface area contributed by atoms with Crippen molar-refractivity contribution in [1.29, 1.82) is 0 Å². The van der Waals surface area contributed by atoms with Crippen molar-refractivity contribution < 1.29 is 4.92 Å². The van der Waals surface area contributed by atoms with E-state index in [1.807, 2.05) is 30.3 Å². The van der Waals surface area contributed by atoms with Crippen molar-refractivity contribution in [2.24, 2.45) is 0 Å². The number of H-pyrrole nitrogens is 1. The van der Waals surface area contributed by atoms with Crippen LogP contribution >= 0.6 is 48.0 Å². The third kappa shape index (κ3) is 6.40. The minimum absolute atomic E-state index is 0. The van der Waals surface area contributed by atoms with Crippen LogP contribution < -0.4 is 10.6 Å². The van der Waals surface area contributed by atoms with Gasteiger partial charge in [-0.1, -0.05) is 35.3 Å². The first kappa shape index (κ1) is 28.9. The third-order valence-corrected chi connectivity index (χ3v) is 5.84. The standard InChI is InChI=1S/C24H18Cl2N8O2.2ClH/c25-14-5-7-16(18(26)11-14)22-17(23-31-19-3-1-2-4-20(19)32-23)13-30-24(33-22)28-10-9-27-21-8-6-15(12-29-21)34(35)36;;/h1-8,11-13H,9-10H2,(H,27,29)(H,31,32)(H,28,30,33);2*1H. The predicted molar refractivity (Wildman–Crippen MR) is 155 cm³/mol. The molecule has 0 radical (unpaired) electrons. The lowest BCUT2D eigenvalue weighted by Crippen LogP contribution is -2.16. The van der Waals surface area contributed by atoms with Crippen LogP contribution in [0.2, 0.25) is 10.0 Å². The molecule has 0 aliphatic carbocycles. The number of benzene rings is 2. The lowest BCUT2D eigenvalue weighted by molar-refractivity contribution is -0.385. The Morgan fingerprint density at radius 3 is 2.39 bits per heavy atom. The van der Waals surface area contributed by atoms with E-state index in [2.05, 4.69) is 30.6 Å². The molecule has 0 aliphatic rings. The number of pyridine rings is 1. The minimum atomic E-state index is -0.491. The summed E-state index contributed by atoms with van der Waals surface area (Å²) in [6.07, 6.45) is 2.90. The highest BCUT2D eigenvalue weighted by atomic mass is 35.5. The zero-order chi connectivity index (χ0) is 25.1. The Labute approximate surface area is 239 Å². The molecule has 3 heterocycles. The Kier molecular flexibility index (Phi) is 9.65. The summed E-state index contributed by atoms with van der Waals surface area (Å²) < 4.78 is 0. The summed E-state index contributed by atoms with van der Waals surface area (Å²) in [7, 11) is 0. The van der Waals surface area contributed by atoms with Crippen LogP contribution in [0.25, 0.3) is 33.7 Å². The zero-order valence-corrected chi connectivity index (χ0v) is 22.5. The molecule has 0 spiro atoms. The summed E-state index contributed by atoms with van der Waals surface area (Å²) in [5.41, 5.74) is 3.63. The van der Waals surface area contributed by atoms with Gasteiger partial charge in [0.05, 0.1) is 32.2 Å². The quantitative estimate of drug-likeness (QED) is 0.103. The van der Waals surface area contributed by atoms with Crippen molar-refractivity contribution in [3.05, 3.63) is 87.2 Å². The molecule has 5 aromatic rings. The maximum atomic E-state index is 10.8. The zero-order valence-electron chi connectivity index (χ0n) is 19.4. The second-order valence-electron chi connectivity index (χ2n) is 7.69. The second kappa shape index (κ2) is 12.7. The van der Waals surface area contributed by atoms with Crippen LogP contribution in [-0.4, -0.2) is 42.9 Å². The summed E-state index contributed by atoms with van der Waals surface area (Å²) >= 11 is 12.6. The van der Waals surface area contributed by atoms with E-state index in [0.29, 0.717) is 57.5 Å². The van der Waals surface area contributed by atoms with Crippen molar-refractivity contribution in [3.8, 4) is 22.6 Å². The number of halogens is 4. The first-order valence-electron chi connectivity index (χ1n) is 10.8. The van der Waals surface area contributed by atoms with Gasteiger partial charge in [-0.3, -0.25) is 10.1 Å². The molecular weight excluding hydrogens is 574 g/mol. The molecule has 0 aliphatic heterocycles. The summed E-state index contributed by atoms with van der Waals surface area (Å²) in [4.78, 5) is 31.5. The van der Waals surface area contributed by atoms with E-state index in [1.54, 1.807) is 24.4 Å². The van der Waals surface area contributed by atoms with Crippen molar-refractivity contribution in [3.63, 3.8) is 0 Å². The largest absolute Gasteiger partial charge is 0.368 e. The van der Waals surface area contributed by atoms with E-state index < -0.39 is 4.92 Å². The van der Waals surface area contributed by atoms with E-state index in [4.69, 9.17) is 28.2 Å². The molecule has 5 rings (SSSR count). The van der Waals surface area contributed by atoms with Gasteiger partial charge in [-0.05, 0) is 36.4 Å². The fourth-order valence-electron chi connectivity index (χ4n) is 3.57. The Balaban J connectivity index is 0.00000200. The monoisotopic (exact) mass is 592 g/mol. The van der Waals surface area contributed by atoms with Crippen molar-refractivity contribution in [2.45, 2.75) is 0 Å². The van der Waals surface area contributed by atoms with Gasteiger partial charge in [0.25, 0.3) is 5.69 Å². The van der Waals surface area contributed by atoms with E-state index >= 15 is 0 Å². The van der Waals surface area contributed by atoms with E-state index in [9.17, 15) is 10.1 Å². The lowest BCUT2D eigenvalue weighted by atomic mass is 10.1. The predicted octanol–water partition coefficient (Wildman–Crippen LogP) is 6.66. The molecule has 0 bridgehead atoms. The normalized spacial score (nSPS) is 10.4. The average Bonchev–Trinajstić information content (AvgIpc) is 3.31. The Morgan fingerprint density at radius 2 is 1.68 bits per heavy atom. The van der Waals surface area contributed by atoms with Gasteiger partial charge in [-0.25, -0.2) is 19.9 Å². The van der Waals surface area contributed by atoms with Gasteiger partial charge in [0.2, 0.25) is 5.95 Å². The van der Waals surface area contributed by atoms with Crippen LogP contribution in [0, 0.1) is 10.1 Å². The number of para-hydroxylation sites is 2.